The van der Waals surface area contributed by atoms with Crippen LogP contribution in [0.5, 0.6) is 0 Å². The molecule has 1 rings (SSSR count). The third-order valence-electron chi connectivity index (χ3n) is 1.80. The summed E-state index contributed by atoms with van der Waals surface area (Å²) in [6.07, 6.45) is 4.50. The molecule has 0 amide bonds. The normalized spacial score (nSPS) is 21.2. The van der Waals surface area contributed by atoms with Gasteiger partial charge in [0.2, 0.25) is 0 Å². The van der Waals surface area contributed by atoms with Crippen molar-refractivity contribution in [2.24, 2.45) is 0 Å². The van der Waals surface area contributed by atoms with Crippen molar-refractivity contribution in [3.63, 3.8) is 0 Å². The largest absolute Gasteiger partial charge is 0.374 e. The standard InChI is InChI=1S/C8H14ClNO/c9-4-1-7-11-8-2-5-10-6-3-8/h1,4,8,10H,2-3,5-7H2/b4-1+. The monoisotopic (exact) mass is 175 g/mol. The highest BCUT2D eigenvalue weighted by Crippen LogP contribution is 2.06. The molecule has 1 aliphatic heterocycles. The lowest BCUT2D eigenvalue weighted by Gasteiger charge is -2.22. The fourth-order valence-electron chi connectivity index (χ4n) is 1.19. The molecule has 1 fully saturated rings. The van der Waals surface area contributed by atoms with E-state index in [4.69, 9.17) is 16.3 Å². The summed E-state index contributed by atoms with van der Waals surface area (Å²) in [6.45, 7) is 2.80. The fourth-order valence-corrected chi connectivity index (χ4v) is 1.26. The Bertz CT molecular complexity index is 121. The molecule has 0 spiro atoms. The van der Waals surface area contributed by atoms with Crippen molar-refractivity contribution in [3.8, 4) is 0 Å². The molecule has 0 aromatic rings. The summed E-state index contributed by atoms with van der Waals surface area (Å²) in [7, 11) is 0. The quantitative estimate of drug-likeness (QED) is 0.702. The van der Waals surface area contributed by atoms with Gasteiger partial charge in [-0.3, -0.25) is 0 Å². The van der Waals surface area contributed by atoms with Gasteiger partial charge in [0.25, 0.3) is 0 Å². The van der Waals surface area contributed by atoms with Crippen LogP contribution < -0.4 is 5.32 Å². The average Bonchev–Trinajstić information content (AvgIpc) is 2.07. The van der Waals surface area contributed by atoms with Gasteiger partial charge < -0.3 is 10.1 Å². The van der Waals surface area contributed by atoms with Gasteiger partial charge >= 0.3 is 0 Å². The Kier molecular flexibility index (Phi) is 4.59. The van der Waals surface area contributed by atoms with E-state index in [0.717, 1.165) is 25.9 Å². The number of rotatable bonds is 3. The van der Waals surface area contributed by atoms with Crippen molar-refractivity contribution in [2.45, 2.75) is 18.9 Å². The van der Waals surface area contributed by atoms with Gasteiger partial charge in [0.05, 0.1) is 12.7 Å². The van der Waals surface area contributed by atoms with E-state index in [1.807, 2.05) is 6.08 Å². The summed E-state index contributed by atoms with van der Waals surface area (Å²) < 4.78 is 5.51. The van der Waals surface area contributed by atoms with Crippen molar-refractivity contribution in [1.82, 2.24) is 5.32 Å². The summed E-state index contributed by atoms with van der Waals surface area (Å²) in [5.41, 5.74) is 1.50. The second kappa shape index (κ2) is 5.58. The number of hydrogen-bond acceptors (Lipinski definition) is 2. The minimum atomic E-state index is 0.434. The first-order chi connectivity index (χ1) is 5.43. The maximum Gasteiger partial charge on any atom is 0.0662 e. The maximum atomic E-state index is 5.51. The molecule has 64 valence electrons. The lowest BCUT2D eigenvalue weighted by atomic mass is 10.1. The number of piperidine rings is 1. The third kappa shape index (κ3) is 3.75. The molecular weight excluding hydrogens is 162 g/mol. The Morgan fingerprint density at radius 1 is 1.45 bits per heavy atom. The van der Waals surface area contributed by atoms with Crippen LogP contribution in [0.25, 0.3) is 0 Å². The number of ether oxygens (including phenoxy) is 1. The van der Waals surface area contributed by atoms with Crippen LogP contribution in [0.4, 0.5) is 0 Å². The van der Waals surface area contributed by atoms with Crippen molar-refractivity contribution >= 4 is 11.6 Å². The molecule has 1 aliphatic rings. The first kappa shape index (κ1) is 9.04. The fraction of sp³-hybridized carbons (Fsp3) is 0.750. The van der Waals surface area contributed by atoms with Gasteiger partial charge in [-0.1, -0.05) is 11.6 Å². The van der Waals surface area contributed by atoms with Crippen LogP contribution in [-0.2, 0) is 4.74 Å². The van der Waals surface area contributed by atoms with Crippen LogP contribution in [0, 0.1) is 0 Å². The molecule has 0 radical (unpaired) electrons. The Morgan fingerprint density at radius 2 is 2.18 bits per heavy atom. The first-order valence-corrected chi connectivity index (χ1v) is 4.44. The van der Waals surface area contributed by atoms with E-state index >= 15 is 0 Å². The number of nitrogens with one attached hydrogen (secondary N) is 1. The smallest absolute Gasteiger partial charge is 0.0662 e. The number of halogens is 1. The van der Waals surface area contributed by atoms with Crippen LogP contribution in [0.15, 0.2) is 11.6 Å². The summed E-state index contributed by atoms with van der Waals surface area (Å²) in [4.78, 5) is 0. The lowest BCUT2D eigenvalue weighted by Crippen LogP contribution is -2.32. The van der Waals surface area contributed by atoms with E-state index < -0.39 is 0 Å². The van der Waals surface area contributed by atoms with Gasteiger partial charge in [-0.15, -0.1) is 0 Å². The summed E-state index contributed by atoms with van der Waals surface area (Å²) in [5, 5.41) is 3.28. The van der Waals surface area contributed by atoms with Crippen molar-refractivity contribution < 1.29 is 4.74 Å². The number of hydrogen-bond donors (Lipinski definition) is 1. The van der Waals surface area contributed by atoms with E-state index in [1.54, 1.807) is 0 Å². The SMILES string of the molecule is Cl/C=C/COC1CCNCC1. The highest BCUT2D eigenvalue weighted by molar-refractivity contribution is 6.25. The van der Waals surface area contributed by atoms with Gasteiger partial charge in [-0.05, 0) is 32.0 Å². The molecule has 1 N–H and O–H groups in total. The van der Waals surface area contributed by atoms with Crippen LogP contribution in [-0.4, -0.2) is 25.8 Å². The molecule has 1 heterocycles. The predicted molar refractivity (Wildman–Crippen MR) is 46.8 cm³/mol. The zero-order chi connectivity index (χ0) is 7.94. The zero-order valence-corrected chi connectivity index (χ0v) is 7.31. The minimum absolute atomic E-state index is 0.434. The van der Waals surface area contributed by atoms with E-state index in [0.29, 0.717) is 12.7 Å². The van der Waals surface area contributed by atoms with E-state index in [9.17, 15) is 0 Å². The summed E-state index contributed by atoms with van der Waals surface area (Å²) in [5.74, 6) is 0. The topological polar surface area (TPSA) is 21.3 Å². The Labute approximate surface area is 72.6 Å². The molecule has 1 saturated heterocycles. The molecule has 11 heavy (non-hydrogen) atoms. The summed E-state index contributed by atoms with van der Waals surface area (Å²) in [6, 6.07) is 0. The van der Waals surface area contributed by atoms with Crippen molar-refractivity contribution in [1.29, 1.82) is 0 Å². The molecule has 0 aromatic carbocycles. The maximum absolute atomic E-state index is 5.51. The second-order valence-corrected chi connectivity index (χ2v) is 2.90. The Balaban J connectivity index is 2.04. The highest BCUT2D eigenvalue weighted by atomic mass is 35.5. The van der Waals surface area contributed by atoms with E-state index in [2.05, 4.69) is 5.32 Å². The average molecular weight is 176 g/mol. The molecule has 2 nitrogen and oxygen atoms in total. The van der Waals surface area contributed by atoms with Crippen LogP contribution in [0.3, 0.4) is 0 Å². The van der Waals surface area contributed by atoms with E-state index in [1.165, 1.54) is 5.54 Å². The van der Waals surface area contributed by atoms with Gasteiger partial charge in [0.1, 0.15) is 0 Å². The minimum Gasteiger partial charge on any atom is -0.374 e. The molecule has 0 aliphatic carbocycles. The second-order valence-electron chi connectivity index (χ2n) is 2.64. The van der Waals surface area contributed by atoms with Gasteiger partial charge in [0.15, 0.2) is 0 Å². The molecule has 0 unspecified atom stereocenters. The van der Waals surface area contributed by atoms with Gasteiger partial charge in [0, 0.05) is 5.54 Å². The molecule has 0 atom stereocenters. The van der Waals surface area contributed by atoms with Gasteiger partial charge in [-0.2, -0.15) is 0 Å². The van der Waals surface area contributed by atoms with Gasteiger partial charge in [-0.25, -0.2) is 0 Å². The zero-order valence-electron chi connectivity index (χ0n) is 6.55. The van der Waals surface area contributed by atoms with Crippen molar-refractivity contribution in [3.05, 3.63) is 11.6 Å². The van der Waals surface area contributed by atoms with E-state index in [-0.39, 0.29) is 0 Å². The lowest BCUT2D eigenvalue weighted by molar-refractivity contribution is 0.0516. The molecule has 3 heteroatoms. The summed E-state index contributed by atoms with van der Waals surface area (Å²) >= 11 is 5.35. The first-order valence-electron chi connectivity index (χ1n) is 4.01. The van der Waals surface area contributed by atoms with Crippen molar-refractivity contribution in [2.75, 3.05) is 19.7 Å². The third-order valence-corrected chi connectivity index (χ3v) is 1.98. The van der Waals surface area contributed by atoms with Crippen LogP contribution in [0.2, 0.25) is 0 Å². The highest BCUT2D eigenvalue weighted by Gasteiger charge is 2.11. The Hall–Kier alpha value is -0.0500. The predicted octanol–water partition coefficient (Wildman–Crippen LogP) is 1.51. The molecular formula is C8H14ClNO. The molecule has 0 aromatic heterocycles. The molecule has 0 saturated carbocycles. The molecule has 0 bridgehead atoms. The Morgan fingerprint density at radius 3 is 2.82 bits per heavy atom. The van der Waals surface area contributed by atoms with Crippen LogP contribution in [0.1, 0.15) is 12.8 Å². The van der Waals surface area contributed by atoms with Crippen LogP contribution >= 0.6 is 11.6 Å².